The van der Waals surface area contributed by atoms with Crippen molar-refractivity contribution in [2.45, 2.75) is 0 Å². The fraction of sp³-hybridized carbons (Fsp3) is 0. The number of hydrogen-bond acceptors (Lipinski definition) is 3. The highest BCUT2D eigenvalue weighted by atomic mass is 79.9. The summed E-state index contributed by atoms with van der Waals surface area (Å²) in [6, 6.07) is 10.1. The van der Waals surface area contributed by atoms with Gasteiger partial charge in [0.25, 0.3) is 0 Å². The summed E-state index contributed by atoms with van der Waals surface area (Å²) in [6.45, 7) is 0. The molecule has 3 nitrogen and oxygen atoms in total. The lowest BCUT2D eigenvalue weighted by molar-refractivity contribution is 0.483. The molecule has 6 heteroatoms. The predicted molar refractivity (Wildman–Crippen MR) is 88.0 cm³/mol. The molecular formula is C15H9Br2FN2O. The average molecular weight is 412 g/mol. The molecule has 0 saturated heterocycles. The second kappa shape index (κ2) is 5.61. The van der Waals surface area contributed by atoms with Gasteiger partial charge in [-0.1, -0.05) is 15.9 Å². The Morgan fingerprint density at radius 2 is 1.90 bits per heavy atom. The summed E-state index contributed by atoms with van der Waals surface area (Å²) in [5.74, 6) is 0.434. The van der Waals surface area contributed by atoms with Gasteiger partial charge in [-0.15, -0.1) is 0 Å². The Kier molecular flexibility index (Phi) is 3.82. The number of rotatable bonds is 2. The summed E-state index contributed by atoms with van der Waals surface area (Å²) in [7, 11) is 0. The summed E-state index contributed by atoms with van der Waals surface area (Å²) in [6.07, 6.45) is 1.53. The first-order chi connectivity index (χ1) is 10.0. The van der Waals surface area contributed by atoms with Crippen molar-refractivity contribution in [3.63, 3.8) is 0 Å². The van der Waals surface area contributed by atoms with Gasteiger partial charge in [0.15, 0.2) is 5.75 Å². The highest BCUT2D eigenvalue weighted by Gasteiger charge is 2.11. The first-order valence-electron chi connectivity index (χ1n) is 6.01. The molecule has 2 N–H and O–H groups in total. The number of anilines is 1. The summed E-state index contributed by atoms with van der Waals surface area (Å²) < 4.78 is 20.6. The fourth-order valence-electron chi connectivity index (χ4n) is 1.93. The van der Waals surface area contributed by atoms with E-state index < -0.39 is 5.82 Å². The van der Waals surface area contributed by atoms with Crippen LogP contribution in [0.1, 0.15) is 0 Å². The van der Waals surface area contributed by atoms with Crippen molar-refractivity contribution in [1.29, 1.82) is 0 Å². The maximum Gasteiger partial charge on any atom is 0.161 e. The molecule has 0 aliphatic carbocycles. The van der Waals surface area contributed by atoms with Crippen molar-refractivity contribution in [1.82, 2.24) is 4.98 Å². The Bertz CT molecular complexity index is 834. The molecule has 3 aromatic rings. The minimum absolute atomic E-state index is 0.370. The molecule has 0 unspecified atom stereocenters. The molecule has 21 heavy (non-hydrogen) atoms. The monoisotopic (exact) mass is 410 g/mol. The second-order valence-corrected chi connectivity index (χ2v) is 6.15. The number of nitrogens with two attached hydrogens (primary N) is 1. The number of nitrogen functional groups attached to an aromatic ring is 1. The molecule has 106 valence electrons. The second-order valence-electron chi connectivity index (χ2n) is 4.38. The highest BCUT2D eigenvalue weighted by Crippen LogP contribution is 2.36. The van der Waals surface area contributed by atoms with Crippen molar-refractivity contribution in [3.8, 4) is 11.5 Å². The molecule has 0 saturated carbocycles. The smallest absolute Gasteiger partial charge is 0.161 e. The first kappa shape index (κ1) is 14.3. The zero-order valence-corrected chi connectivity index (χ0v) is 13.8. The first-order valence-corrected chi connectivity index (χ1v) is 7.60. The van der Waals surface area contributed by atoms with E-state index in [1.54, 1.807) is 12.1 Å². The molecule has 2 aromatic carbocycles. The standard InChI is InChI=1S/C15H9Br2FN2O/c16-8-1-4-14-10(5-8)15(13(19)7-20-14)21-9-2-3-11(17)12(18)6-9/h1-7H,19H2. The Labute approximate surface area is 137 Å². The number of aromatic nitrogens is 1. The molecule has 0 aliphatic heterocycles. The zero-order valence-electron chi connectivity index (χ0n) is 10.6. The lowest BCUT2D eigenvalue weighted by atomic mass is 10.2. The summed E-state index contributed by atoms with van der Waals surface area (Å²) in [5.41, 5.74) is 7.09. The minimum Gasteiger partial charge on any atom is -0.454 e. The van der Waals surface area contributed by atoms with Gasteiger partial charge in [0.05, 0.1) is 21.9 Å². The van der Waals surface area contributed by atoms with Crippen LogP contribution in [0.15, 0.2) is 51.5 Å². The average Bonchev–Trinajstić information content (AvgIpc) is 2.46. The minimum atomic E-state index is -0.398. The Morgan fingerprint density at radius 1 is 1.10 bits per heavy atom. The van der Waals surface area contributed by atoms with E-state index in [9.17, 15) is 4.39 Å². The van der Waals surface area contributed by atoms with Gasteiger partial charge in [0, 0.05) is 15.9 Å². The number of pyridine rings is 1. The van der Waals surface area contributed by atoms with Crippen LogP contribution in [0.25, 0.3) is 10.9 Å². The molecule has 1 aromatic heterocycles. The van der Waals surface area contributed by atoms with Crippen molar-refractivity contribution in [3.05, 3.63) is 57.4 Å². The molecule has 0 aliphatic rings. The Balaban J connectivity index is 2.12. The maximum atomic E-state index is 13.6. The zero-order chi connectivity index (χ0) is 15.0. The van der Waals surface area contributed by atoms with Crippen LogP contribution in [0.5, 0.6) is 11.5 Å². The van der Waals surface area contributed by atoms with E-state index >= 15 is 0 Å². The number of halogens is 3. The quantitative estimate of drug-likeness (QED) is 0.624. The van der Waals surface area contributed by atoms with Crippen LogP contribution in [0.4, 0.5) is 10.1 Å². The summed E-state index contributed by atoms with van der Waals surface area (Å²) in [4.78, 5) is 4.25. The van der Waals surface area contributed by atoms with E-state index in [4.69, 9.17) is 10.5 Å². The van der Waals surface area contributed by atoms with Crippen LogP contribution in [-0.2, 0) is 0 Å². The van der Waals surface area contributed by atoms with E-state index in [0.29, 0.717) is 21.7 Å². The molecule has 0 bridgehead atoms. The predicted octanol–water partition coefficient (Wildman–Crippen LogP) is 5.27. The molecule has 1 heterocycles. The van der Waals surface area contributed by atoms with E-state index in [1.807, 2.05) is 18.2 Å². The normalized spacial score (nSPS) is 10.8. The van der Waals surface area contributed by atoms with Crippen molar-refractivity contribution >= 4 is 48.5 Å². The van der Waals surface area contributed by atoms with Gasteiger partial charge >= 0.3 is 0 Å². The Morgan fingerprint density at radius 3 is 2.67 bits per heavy atom. The van der Waals surface area contributed by atoms with Crippen LogP contribution in [0.2, 0.25) is 0 Å². The molecule has 3 rings (SSSR count). The van der Waals surface area contributed by atoms with Gasteiger partial charge in [-0.3, -0.25) is 4.98 Å². The van der Waals surface area contributed by atoms with Gasteiger partial charge in [-0.25, -0.2) is 4.39 Å². The van der Waals surface area contributed by atoms with Crippen LogP contribution in [-0.4, -0.2) is 4.98 Å². The number of fused-ring (bicyclic) bond motifs is 1. The third-order valence-corrected chi connectivity index (χ3v) is 4.06. The molecule has 0 fully saturated rings. The van der Waals surface area contributed by atoms with Crippen molar-refractivity contribution < 1.29 is 9.13 Å². The Hall–Kier alpha value is -1.66. The molecule has 0 radical (unpaired) electrons. The third-order valence-electron chi connectivity index (χ3n) is 2.92. The van der Waals surface area contributed by atoms with E-state index in [1.165, 1.54) is 12.3 Å². The molecule has 0 amide bonds. The highest BCUT2D eigenvalue weighted by molar-refractivity contribution is 9.10. The lowest BCUT2D eigenvalue weighted by Gasteiger charge is -2.12. The van der Waals surface area contributed by atoms with Gasteiger partial charge in [-0.05, 0) is 46.3 Å². The maximum absolute atomic E-state index is 13.6. The van der Waals surface area contributed by atoms with Gasteiger partial charge in [0.2, 0.25) is 0 Å². The van der Waals surface area contributed by atoms with Gasteiger partial charge in [0.1, 0.15) is 11.6 Å². The lowest BCUT2D eigenvalue weighted by Crippen LogP contribution is -1.95. The number of nitrogens with zero attached hydrogens (tertiary/aromatic N) is 1. The SMILES string of the molecule is Nc1cnc2ccc(Br)cc2c1Oc1ccc(Br)c(F)c1. The van der Waals surface area contributed by atoms with Gasteiger partial charge in [-0.2, -0.15) is 0 Å². The fourth-order valence-corrected chi connectivity index (χ4v) is 2.54. The van der Waals surface area contributed by atoms with Crippen molar-refractivity contribution in [2.24, 2.45) is 0 Å². The van der Waals surface area contributed by atoms with Crippen LogP contribution in [0.3, 0.4) is 0 Å². The van der Waals surface area contributed by atoms with Crippen LogP contribution in [0, 0.1) is 5.82 Å². The topological polar surface area (TPSA) is 48.1 Å². The number of benzene rings is 2. The number of ether oxygens (including phenoxy) is 1. The van der Waals surface area contributed by atoms with E-state index in [2.05, 4.69) is 36.8 Å². The molecular weight excluding hydrogens is 403 g/mol. The van der Waals surface area contributed by atoms with Crippen LogP contribution < -0.4 is 10.5 Å². The van der Waals surface area contributed by atoms with E-state index in [-0.39, 0.29) is 0 Å². The van der Waals surface area contributed by atoms with E-state index in [0.717, 1.165) is 15.4 Å². The largest absolute Gasteiger partial charge is 0.454 e. The van der Waals surface area contributed by atoms with Crippen molar-refractivity contribution in [2.75, 3.05) is 5.73 Å². The van der Waals surface area contributed by atoms with Crippen LogP contribution >= 0.6 is 31.9 Å². The summed E-state index contributed by atoms with van der Waals surface area (Å²) >= 11 is 6.51. The van der Waals surface area contributed by atoms with Gasteiger partial charge < -0.3 is 10.5 Å². The summed E-state index contributed by atoms with van der Waals surface area (Å²) in [5, 5.41) is 0.757. The molecule has 0 atom stereocenters. The third kappa shape index (κ3) is 2.87. The molecule has 0 spiro atoms. The number of hydrogen-bond donors (Lipinski definition) is 1.